The molecule has 1 aromatic carbocycles. The van der Waals surface area contributed by atoms with Crippen molar-refractivity contribution in [2.75, 3.05) is 6.61 Å². The SMILES string of the molecule is OC[C@H]1O[C@H](C#Cc2cnn(-c3ccc(Cl)cc3)c2)[C@](O)(C#Cc2cccnc2)[C@@H](O)[C@@H]1O. The summed E-state index contributed by atoms with van der Waals surface area (Å²) in [5.74, 6) is 10.9. The first-order valence-electron chi connectivity index (χ1n) is 10.0. The van der Waals surface area contributed by atoms with E-state index in [4.69, 9.17) is 16.3 Å². The molecule has 0 unspecified atom stereocenters. The molecular formula is C24H20ClN3O5. The minimum absolute atomic E-state index is 0.493. The largest absolute Gasteiger partial charge is 0.394 e. The number of aliphatic hydroxyl groups excluding tert-OH is 3. The highest BCUT2D eigenvalue weighted by Crippen LogP contribution is 2.30. The standard InChI is InChI=1S/C24H20ClN3O5/c25-18-4-6-19(7-5-18)28-14-17(13-27-28)3-8-21-24(32,10-9-16-2-1-11-26-12-16)23(31)22(30)20(15-29)33-21/h1-2,4-7,11-14,20-23,29-32H,15H2/t20-,21-,22-,23+,24-/m1/s1. The predicted molar refractivity (Wildman–Crippen MR) is 119 cm³/mol. The molecule has 1 saturated heterocycles. The van der Waals surface area contributed by atoms with Crippen molar-refractivity contribution in [2.24, 2.45) is 0 Å². The second-order valence-electron chi connectivity index (χ2n) is 7.41. The Labute approximate surface area is 195 Å². The summed E-state index contributed by atoms with van der Waals surface area (Å²) in [7, 11) is 0. The number of rotatable bonds is 2. The lowest BCUT2D eigenvalue weighted by molar-refractivity contribution is -0.239. The molecule has 9 heteroatoms. The summed E-state index contributed by atoms with van der Waals surface area (Å²) in [4.78, 5) is 3.95. The first-order valence-corrected chi connectivity index (χ1v) is 10.4. The number of hydrogen-bond acceptors (Lipinski definition) is 7. The van der Waals surface area contributed by atoms with Gasteiger partial charge >= 0.3 is 0 Å². The molecule has 0 radical (unpaired) electrons. The lowest BCUT2D eigenvalue weighted by Gasteiger charge is -2.43. The van der Waals surface area contributed by atoms with E-state index in [-0.39, 0.29) is 0 Å². The third kappa shape index (κ3) is 4.92. The highest BCUT2D eigenvalue weighted by molar-refractivity contribution is 6.30. The Kier molecular flexibility index (Phi) is 6.77. The van der Waals surface area contributed by atoms with Gasteiger partial charge in [-0.05, 0) is 36.4 Å². The second kappa shape index (κ2) is 9.74. The number of pyridine rings is 1. The molecule has 0 saturated carbocycles. The van der Waals surface area contributed by atoms with Crippen LogP contribution < -0.4 is 0 Å². The van der Waals surface area contributed by atoms with Gasteiger partial charge in [-0.1, -0.05) is 35.3 Å². The van der Waals surface area contributed by atoms with Crippen molar-refractivity contribution in [3.63, 3.8) is 0 Å². The van der Waals surface area contributed by atoms with Crippen molar-refractivity contribution in [3.05, 3.63) is 77.3 Å². The van der Waals surface area contributed by atoms with E-state index in [0.717, 1.165) is 5.69 Å². The highest BCUT2D eigenvalue weighted by atomic mass is 35.5. The zero-order chi connectivity index (χ0) is 23.4. The quantitative estimate of drug-likeness (QED) is 0.407. The monoisotopic (exact) mass is 465 g/mol. The zero-order valence-corrected chi connectivity index (χ0v) is 18.0. The first kappa shape index (κ1) is 23.0. The van der Waals surface area contributed by atoms with E-state index in [0.29, 0.717) is 16.1 Å². The van der Waals surface area contributed by atoms with Crippen LogP contribution in [-0.4, -0.2) is 71.8 Å². The van der Waals surface area contributed by atoms with Crippen molar-refractivity contribution < 1.29 is 25.2 Å². The molecule has 3 aromatic rings. The summed E-state index contributed by atoms with van der Waals surface area (Å²) >= 11 is 5.92. The Hall–Kier alpha value is -3.21. The maximum Gasteiger partial charge on any atom is 0.191 e. The van der Waals surface area contributed by atoms with Crippen molar-refractivity contribution in [3.8, 4) is 29.4 Å². The van der Waals surface area contributed by atoms with Gasteiger partial charge < -0.3 is 25.2 Å². The number of aromatic nitrogens is 3. The molecule has 0 spiro atoms. The normalized spacial score (nSPS) is 26.6. The van der Waals surface area contributed by atoms with Crippen molar-refractivity contribution in [2.45, 2.75) is 30.0 Å². The molecule has 8 nitrogen and oxygen atoms in total. The zero-order valence-electron chi connectivity index (χ0n) is 17.2. The first-order chi connectivity index (χ1) is 15.9. The van der Waals surface area contributed by atoms with E-state index in [1.54, 1.807) is 53.5 Å². The summed E-state index contributed by atoms with van der Waals surface area (Å²) in [5, 5.41) is 46.4. The van der Waals surface area contributed by atoms with Crippen LogP contribution in [0.1, 0.15) is 11.1 Å². The van der Waals surface area contributed by atoms with Crippen LogP contribution in [0.5, 0.6) is 0 Å². The number of hydrogen-bond donors (Lipinski definition) is 4. The van der Waals surface area contributed by atoms with E-state index < -0.39 is 36.6 Å². The van der Waals surface area contributed by atoms with E-state index in [1.807, 2.05) is 0 Å². The third-order valence-electron chi connectivity index (χ3n) is 5.14. The maximum absolute atomic E-state index is 11.2. The van der Waals surface area contributed by atoms with Crippen LogP contribution in [0.4, 0.5) is 0 Å². The minimum Gasteiger partial charge on any atom is -0.394 e. The summed E-state index contributed by atoms with van der Waals surface area (Å²) < 4.78 is 7.21. The van der Waals surface area contributed by atoms with Crippen molar-refractivity contribution in [1.82, 2.24) is 14.8 Å². The van der Waals surface area contributed by atoms with Gasteiger partial charge in [0.1, 0.15) is 18.3 Å². The molecule has 5 atom stereocenters. The third-order valence-corrected chi connectivity index (χ3v) is 5.39. The Balaban J connectivity index is 1.65. The number of benzene rings is 1. The lowest BCUT2D eigenvalue weighted by atomic mass is 9.82. The molecule has 3 heterocycles. The number of nitrogens with zero attached hydrogens (tertiary/aromatic N) is 3. The average molecular weight is 466 g/mol. The van der Waals surface area contributed by atoms with Gasteiger partial charge in [-0.25, -0.2) is 4.68 Å². The summed E-state index contributed by atoms with van der Waals surface area (Å²) in [6.45, 7) is -0.572. The van der Waals surface area contributed by atoms with E-state index in [9.17, 15) is 20.4 Å². The van der Waals surface area contributed by atoms with Gasteiger partial charge in [0.05, 0.1) is 24.1 Å². The Morgan fingerprint density at radius 3 is 2.58 bits per heavy atom. The molecule has 1 aliphatic heterocycles. The maximum atomic E-state index is 11.2. The molecule has 0 aliphatic carbocycles. The Morgan fingerprint density at radius 1 is 1.09 bits per heavy atom. The molecule has 33 heavy (non-hydrogen) atoms. The topological polar surface area (TPSA) is 121 Å². The summed E-state index contributed by atoms with van der Waals surface area (Å²) in [6.07, 6.45) is 0.510. The van der Waals surface area contributed by atoms with Gasteiger partial charge in [0.2, 0.25) is 0 Å². The van der Waals surface area contributed by atoms with Crippen LogP contribution in [0, 0.1) is 23.7 Å². The molecule has 4 N–H and O–H groups in total. The Bertz CT molecular complexity index is 1230. The van der Waals surface area contributed by atoms with E-state index in [1.165, 1.54) is 12.4 Å². The fraction of sp³-hybridized carbons (Fsp3) is 0.250. The number of halogens is 1. The van der Waals surface area contributed by atoms with Crippen LogP contribution in [-0.2, 0) is 4.74 Å². The van der Waals surface area contributed by atoms with E-state index in [2.05, 4.69) is 33.8 Å². The Morgan fingerprint density at radius 2 is 1.88 bits per heavy atom. The number of ether oxygens (including phenoxy) is 1. The van der Waals surface area contributed by atoms with Crippen LogP contribution >= 0.6 is 11.6 Å². The van der Waals surface area contributed by atoms with Gasteiger partial charge in [-0.3, -0.25) is 4.98 Å². The smallest absolute Gasteiger partial charge is 0.191 e. The molecule has 2 aromatic heterocycles. The van der Waals surface area contributed by atoms with Crippen LogP contribution in [0.2, 0.25) is 5.02 Å². The predicted octanol–water partition coefficient (Wildman–Crippen LogP) is 0.536. The fourth-order valence-corrected chi connectivity index (χ4v) is 3.42. The lowest BCUT2D eigenvalue weighted by Crippen LogP contribution is -2.65. The van der Waals surface area contributed by atoms with Gasteiger partial charge in [-0.2, -0.15) is 5.10 Å². The molecule has 4 rings (SSSR count). The molecular weight excluding hydrogens is 446 g/mol. The van der Waals surface area contributed by atoms with Crippen molar-refractivity contribution in [1.29, 1.82) is 0 Å². The second-order valence-corrected chi connectivity index (χ2v) is 7.85. The number of aliphatic hydroxyl groups is 4. The molecule has 1 fully saturated rings. The summed E-state index contributed by atoms with van der Waals surface area (Å²) in [5.41, 5.74) is -0.440. The fourth-order valence-electron chi connectivity index (χ4n) is 3.29. The molecule has 0 bridgehead atoms. The highest BCUT2D eigenvalue weighted by Gasteiger charge is 2.53. The molecule has 1 aliphatic rings. The van der Waals surface area contributed by atoms with Gasteiger partial charge in [0.25, 0.3) is 0 Å². The van der Waals surface area contributed by atoms with Crippen LogP contribution in [0.3, 0.4) is 0 Å². The van der Waals surface area contributed by atoms with E-state index >= 15 is 0 Å². The van der Waals surface area contributed by atoms with Crippen LogP contribution in [0.25, 0.3) is 5.69 Å². The molecule has 168 valence electrons. The van der Waals surface area contributed by atoms with Crippen molar-refractivity contribution >= 4 is 11.6 Å². The van der Waals surface area contributed by atoms with Gasteiger partial charge in [0, 0.05) is 29.2 Å². The molecule has 0 amide bonds. The van der Waals surface area contributed by atoms with Gasteiger partial charge in [-0.15, -0.1) is 0 Å². The minimum atomic E-state index is -2.22. The van der Waals surface area contributed by atoms with Crippen LogP contribution in [0.15, 0.2) is 61.2 Å². The van der Waals surface area contributed by atoms with Gasteiger partial charge in [0.15, 0.2) is 11.7 Å². The average Bonchev–Trinajstić information content (AvgIpc) is 3.31. The summed E-state index contributed by atoms with van der Waals surface area (Å²) in [6, 6.07) is 10.4.